The topological polar surface area (TPSA) is 101 Å². The number of nitrogens with one attached hydrogen (secondary N) is 1. The summed E-state index contributed by atoms with van der Waals surface area (Å²) >= 11 is 0. The van der Waals surface area contributed by atoms with Gasteiger partial charge >= 0.3 is 5.97 Å². The molecule has 0 spiro atoms. The number of amides is 1. The molecule has 0 aliphatic carbocycles. The summed E-state index contributed by atoms with van der Waals surface area (Å²) in [5.41, 5.74) is 4.50. The van der Waals surface area contributed by atoms with Crippen LogP contribution in [0.3, 0.4) is 0 Å². The van der Waals surface area contributed by atoms with E-state index in [1.54, 1.807) is 36.7 Å². The number of hydrogen-bond acceptors (Lipinski definition) is 5. The zero-order chi connectivity index (χ0) is 26.3. The molecule has 0 saturated carbocycles. The second-order valence-corrected chi connectivity index (χ2v) is 8.50. The van der Waals surface area contributed by atoms with Crippen molar-refractivity contribution in [3.63, 3.8) is 0 Å². The Hall–Kier alpha value is -5.30. The summed E-state index contributed by atoms with van der Waals surface area (Å²) < 4.78 is 6.04. The van der Waals surface area contributed by atoms with E-state index in [1.807, 2.05) is 66.7 Å². The Labute approximate surface area is 219 Å². The fourth-order valence-electron chi connectivity index (χ4n) is 4.03. The quantitative estimate of drug-likeness (QED) is 0.257. The first-order chi connectivity index (χ1) is 18.6. The predicted octanol–water partition coefficient (Wildman–Crippen LogP) is 6.34. The van der Waals surface area contributed by atoms with Gasteiger partial charge in [-0.2, -0.15) is 0 Å². The van der Waals surface area contributed by atoms with Gasteiger partial charge in [-0.25, -0.2) is 14.8 Å². The number of anilines is 1. The van der Waals surface area contributed by atoms with Crippen LogP contribution >= 0.6 is 0 Å². The molecule has 5 rings (SSSR count). The van der Waals surface area contributed by atoms with E-state index in [2.05, 4.69) is 15.3 Å². The van der Waals surface area contributed by atoms with Gasteiger partial charge in [0.15, 0.2) is 0 Å². The lowest BCUT2D eigenvalue weighted by molar-refractivity contribution is 0.0698. The third-order valence-electron chi connectivity index (χ3n) is 5.96. The fraction of sp³-hybridized carbons (Fsp3) is 0.0323. The number of nitrogens with zero attached hydrogens (tertiary/aromatic N) is 2. The number of carboxylic acid groups (broad SMARTS) is 1. The number of carbonyl (C=O) groups is 2. The molecule has 1 aromatic heterocycles. The SMILES string of the molecule is O=C(O)c1ccc(-c2ccccc2)cc1NC(=O)c1cc(-c2cncnc2)ccc1OCc1ccccc1. The maximum Gasteiger partial charge on any atom is 0.337 e. The Balaban J connectivity index is 1.51. The van der Waals surface area contributed by atoms with Crippen LogP contribution in [0.25, 0.3) is 22.3 Å². The molecule has 2 N–H and O–H groups in total. The molecule has 0 atom stereocenters. The largest absolute Gasteiger partial charge is 0.488 e. The lowest BCUT2D eigenvalue weighted by atomic mass is 10.0. The average molecular weight is 502 g/mol. The molecule has 7 nitrogen and oxygen atoms in total. The Morgan fingerprint density at radius 3 is 2.08 bits per heavy atom. The first-order valence-electron chi connectivity index (χ1n) is 11.9. The second kappa shape index (κ2) is 11.2. The number of rotatable bonds is 8. The molecule has 186 valence electrons. The van der Waals surface area contributed by atoms with Gasteiger partial charge in [-0.3, -0.25) is 4.79 Å². The van der Waals surface area contributed by atoms with Crippen LogP contribution < -0.4 is 10.1 Å². The first-order valence-corrected chi connectivity index (χ1v) is 11.9. The number of aromatic carboxylic acids is 1. The fourth-order valence-corrected chi connectivity index (χ4v) is 4.03. The van der Waals surface area contributed by atoms with Crippen molar-refractivity contribution in [1.82, 2.24) is 9.97 Å². The summed E-state index contributed by atoms with van der Waals surface area (Å²) in [5.74, 6) is -1.28. The number of benzene rings is 4. The van der Waals surface area contributed by atoms with E-state index in [1.165, 1.54) is 12.4 Å². The second-order valence-electron chi connectivity index (χ2n) is 8.50. The van der Waals surface area contributed by atoms with Crippen LogP contribution in [0.1, 0.15) is 26.3 Å². The molecule has 1 amide bonds. The first kappa shape index (κ1) is 24.4. The molecule has 7 heteroatoms. The molecular weight excluding hydrogens is 478 g/mol. The molecule has 0 unspecified atom stereocenters. The Morgan fingerprint density at radius 1 is 0.711 bits per heavy atom. The molecule has 0 aliphatic heterocycles. The minimum atomic E-state index is -1.14. The van der Waals surface area contributed by atoms with Gasteiger partial charge in [0.1, 0.15) is 18.7 Å². The van der Waals surface area contributed by atoms with Crippen molar-refractivity contribution in [2.45, 2.75) is 6.61 Å². The van der Waals surface area contributed by atoms with E-state index in [-0.39, 0.29) is 23.4 Å². The third kappa shape index (κ3) is 5.57. The summed E-state index contributed by atoms with van der Waals surface area (Å²) in [5, 5.41) is 12.6. The van der Waals surface area contributed by atoms with Gasteiger partial charge in [0.05, 0.1) is 16.8 Å². The van der Waals surface area contributed by atoms with Gasteiger partial charge in [-0.1, -0.05) is 72.8 Å². The Bertz CT molecular complexity index is 1570. The summed E-state index contributed by atoms with van der Waals surface area (Å²) in [6.45, 7) is 0.263. The van der Waals surface area contributed by atoms with Crippen molar-refractivity contribution >= 4 is 17.6 Å². The minimum Gasteiger partial charge on any atom is -0.488 e. The molecule has 0 aliphatic rings. The summed E-state index contributed by atoms with van der Waals surface area (Å²) in [6, 6.07) is 29.3. The van der Waals surface area contributed by atoms with Crippen LogP contribution in [0, 0.1) is 0 Å². The van der Waals surface area contributed by atoms with Crippen LogP contribution in [0.2, 0.25) is 0 Å². The van der Waals surface area contributed by atoms with Crippen molar-refractivity contribution in [3.05, 3.63) is 132 Å². The van der Waals surface area contributed by atoms with Gasteiger partial charge in [0, 0.05) is 18.0 Å². The maximum atomic E-state index is 13.6. The van der Waals surface area contributed by atoms with Crippen LogP contribution in [0.15, 0.2) is 116 Å². The number of carbonyl (C=O) groups excluding carboxylic acids is 1. The Morgan fingerprint density at radius 2 is 1.37 bits per heavy atom. The summed E-state index contributed by atoms with van der Waals surface area (Å²) in [4.78, 5) is 33.7. The summed E-state index contributed by atoms with van der Waals surface area (Å²) in [7, 11) is 0. The molecule has 5 aromatic rings. The van der Waals surface area contributed by atoms with Crippen LogP contribution in [-0.2, 0) is 6.61 Å². The van der Waals surface area contributed by atoms with Crippen molar-refractivity contribution in [3.8, 4) is 28.0 Å². The smallest absolute Gasteiger partial charge is 0.337 e. The van der Waals surface area contributed by atoms with Gasteiger partial charge in [-0.05, 0) is 46.5 Å². The van der Waals surface area contributed by atoms with Gasteiger partial charge in [-0.15, -0.1) is 0 Å². The highest BCUT2D eigenvalue weighted by molar-refractivity contribution is 6.10. The monoisotopic (exact) mass is 501 g/mol. The van der Waals surface area contributed by atoms with E-state index in [4.69, 9.17) is 4.74 Å². The molecule has 0 fully saturated rings. The highest BCUT2D eigenvalue weighted by atomic mass is 16.5. The zero-order valence-corrected chi connectivity index (χ0v) is 20.2. The molecule has 0 radical (unpaired) electrons. The molecule has 1 heterocycles. The predicted molar refractivity (Wildman–Crippen MR) is 145 cm³/mol. The van der Waals surface area contributed by atoms with Crippen LogP contribution in [0.4, 0.5) is 5.69 Å². The highest BCUT2D eigenvalue weighted by Gasteiger charge is 2.19. The standard InChI is InChI=1S/C31H23N3O4/c35-30(34-28-16-24(11-13-26(28)31(36)37)22-9-5-2-6-10-22)27-15-23(25-17-32-20-33-18-25)12-14-29(27)38-19-21-7-3-1-4-8-21/h1-18,20H,19H2,(H,34,35)(H,36,37). The highest BCUT2D eigenvalue weighted by Crippen LogP contribution is 2.30. The Kier molecular flexibility index (Phi) is 7.18. The molecular formula is C31H23N3O4. The maximum absolute atomic E-state index is 13.6. The van der Waals surface area contributed by atoms with Gasteiger partial charge in [0.25, 0.3) is 5.91 Å². The van der Waals surface area contributed by atoms with E-state index in [9.17, 15) is 14.7 Å². The number of carboxylic acids is 1. The van der Waals surface area contributed by atoms with Crippen molar-refractivity contribution in [2.24, 2.45) is 0 Å². The third-order valence-corrected chi connectivity index (χ3v) is 5.96. The number of hydrogen-bond donors (Lipinski definition) is 2. The normalized spacial score (nSPS) is 10.5. The number of aromatic nitrogens is 2. The lowest BCUT2D eigenvalue weighted by Gasteiger charge is -2.15. The van der Waals surface area contributed by atoms with E-state index in [0.717, 1.165) is 27.8 Å². The van der Waals surface area contributed by atoms with E-state index < -0.39 is 11.9 Å². The van der Waals surface area contributed by atoms with Crippen LogP contribution in [0.5, 0.6) is 5.75 Å². The average Bonchev–Trinajstić information content (AvgIpc) is 2.97. The zero-order valence-electron chi connectivity index (χ0n) is 20.2. The van der Waals surface area contributed by atoms with E-state index in [0.29, 0.717) is 5.75 Å². The molecule has 0 bridgehead atoms. The van der Waals surface area contributed by atoms with Crippen molar-refractivity contribution < 1.29 is 19.4 Å². The molecule has 4 aromatic carbocycles. The van der Waals surface area contributed by atoms with Gasteiger partial charge in [0.2, 0.25) is 0 Å². The number of ether oxygens (including phenoxy) is 1. The van der Waals surface area contributed by atoms with Gasteiger partial charge < -0.3 is 15.2 Å². The van der Waals surface area contributed by atoms with E-state index >= 15 is 0 Å². The lowest BCUT2D eigenvalue weighted by Crippen LogP contribution is -2.16. The molecule has 38 heavy (non-hydrogen) atoms. The van der Waals surface area contributed by atoms with Crippen molar-refractivity contribution in [2.75, 3.05) is 5.32 Å². The minimum absolute atomic E-state index is 0.0163. The molecule has 0 saturated heterocycles. The summed E-state index contributed by atoms with van der Waals surface area (Å²) in [6.07, 6.45) is 4.74. The van der Waals surface area contributed by atoms with Crippen LogP contribution in [-0.4, -0.2) is 27.0 Å². The van der Waals surface area contributed by atoms with Crippen molar-refractivity contribution in [1.29, 1.82) is 0 Å².